The zero-order chi connectivity index (χ0) is 23.3. The second kappa shape index (κ2) is 8.24. The Morgan fingerprint density at radius 3 is 2.79 bits per heavy atom. The molecular formula is C23H22ClFN6O2. The molecule has 0 saturated carbocycles. The number of anilines is 1. The van der Waals surface area contributed by atoms with E-state index < -0.39 is 5.82 Å². The summed E-state index contributed by atoms with van der Waals surface area (Å²) in [6.45, 7) is 6.51. The van der Waals surface area contributed by atoms with Crippen LogP contribution in [0.4, 0.5) is 10.2 Å². The molecule has 170 valence electrons. The van der Waals surface area contributed by atoms with Crippen LogP contribution in [0.25, 0.3) is 16.9 Å². The Morgan fingerprint density at radius 2 is 2.06 bits per heavy atom. The van der Waals surface area contributed by atoms with Crippen LogP contribution in [-0.4, -0.2) is 43.8 Å². The minimum atomic E-state index is -0.534. The standard InChI is InChI=1S/C23H22ClFN6O2/c1-12-9-30(10-19(33-12)15-7-26-27-8-15)20-11-31-22(28-14(3)13(2)23(31)32)21(29-20)17-5-4-16(24)6-18(17)25/h4-8,11-12,19H,9-10H2,1-3H3,(H,26,27)/t12-,19-/m0/s1. The van der Waals surface area contributed by atoms with Crippen LogP contribution in [0.5, 0.6) is 0 Å². The molecule has 33 heavy (non-hydrogen) atoms. The van der Waals surface area contributed by atoms with Gasteiger partial charge in [0.15, 0.2) is 5.65 Å². The number of ether oxygens (including phenoxy) is 1. The van der Waals surface area contributed by atoms with E-state index in [1.165, 1.54) is 10.5 Å². The van der Waals surface area contributed by atoms with Gasteiger partial charge in [-0.1, -0.05) is 11.6 Å². The number of fused-ring (bicyclic) bond motifs is 1. The molecule has 4 heterocycles. The first-order valence-electron chi connectivity index (χ1n) is 10.6. The third-order valence-corrected chi connectivity index (χ3v) is 6.16. The molecule has 4 aromatic rings. The van der Waals surface area contributed by atoms with E-state index in [1.807, 2.05) is 11.8 Å². The Labute approximate surface area is 194 Å². The van der Waals surface area contributed by atoms with Crippen molar-refractivity contribution < 1.29 is 9.13 Å². The van der Waals surface area contributed by atoms with Crippen molar-refractivity contribution in [3.8, 4) is 11.3 Å². The topological polar surface area (TPSA) is 88.4 Å². The van der Waals surface area contributed by atoms with Gasteiger partial charge in [0.2, 0.25) is 0 Å². The highest BCUT2D eigenvalue weighted by Gasteiger charge is 2.29. The lowest BCUT2D eigenvalue weighted by atomic mass is 10.1. The maximum absolute atomic E-state index is 14.9. The summed E-state index contributed by atoms with van der Waals surface area (Å²) in [6, 6.07) is 4.38. The van der Waals surface area contributed by atoms with Crippen LogP contribution in [0.3, 0.4) is 0 Å². The number of halogens is 2. The molecule has 1 saturated heterocycles. The second-order valence-corrected chi connectivity index (χ2v) is 8.70. The van der Waals surface area contributed by atoms with E-state index >= 15 is 0 Å². The zero-order valence-electron chi connectivity index (χ0n) is 18.3. The normalized spacial score (nSPS) is 18.8. The maximum atomic E-state index is 14.9. The van der Waals surface area contributed by atoms with Gasteiger partial charge >= 0.3 is 0 Å². The third-order valence-electron chi connectivity index (χ3n) is 5.93. The number of aryl methyl sites for hydroxylation is 1. The summed E-state index contributed by atoms with van der Waals surface area (Å²) >= 11 is 5.97. The number of aromatic amines is 1. The van der Waals surface area contributed by atoms with Gasteiger partial charge in [0.25, 0.3) is 5.56 Å². The SMILES string of the molecule is Cc1nc2c(-c3ccc(Cl)cc3F)nc(N3C[C@@H](c4cn[nH]c4)O[C@@H](C)C3)cn2c(=O)c1C. The van der Waals surface area contributed by atoms with Gasteiger partial charge in [-0.25, -0.2) is 14.4 Å². The summed E-state index contributed by atoms with van der Waals surface area (Å²) in [7, 11) is 0. The lowest BCUT2D eigenvalue weighted by Crippen LogP contribution is -2.43. The fourth-order valence-electron chi connectivity index (χ4n) is 4.10. The van der Waals surface area contributed by atoms with Crippen molar-refractivity contribution in [1.82, 2.24) is 24.6 Å². The Bertz CT molecular complexity index is 1400. The average molecular weight is 469 g/mol. The maximum Gasteiger partial charge on any atom is 0.261 e. The Kier molecular flexibility index (Phi) is 5.38. The molecule has 10 heteroatoms. The van der Waals surface area contributed by atoms with Crippen molar-refractivity contribution in [1.29, 1.82) is 0 Å². The van der Waals surface area contributed by atoms with Crippen LogP contribution in [0, 0.1) is 19.7 Å². The number of H-pyrrole nitrogens is 1. The van der Waals surface area contributed by atoms with E-state index in [1.54, 1.807) is 44.6 Å². The quantitative estimate of drug-likeness (QED) is 0.491. The Balaban J connectivity index is 1.71. The molecule has 0 unspecified atom stereocenters. The van der Waals surface area contributed by atoms with Crippen molar-refractivity contribution in [2.45, 2.75) is 33.0 Å². The van der Waals surface area contributed by atoms with Crippen molar-refractivity contribution in [3.05, 3.63) is 74.8 Å². The predicted molar refractivity (Wildman–Crippen MR) is 123 cm³/mol. The highest BCUT2D eigenvalue weighted by atomic mass is 35.5. The number of rotatable bonds is 3. The van der Waals surface area contributed by atoms with Gasteiger partial charge in [0, 0.05) is 40.1 Å². The van der Waals surface area contributed by atoms with E-state index in [4.69, 9.17) is 21.3 Å². The minimum Gasteiger partial charge on any atom is -0.367 e. The van der Waals surface area contributed by atoms with E-state index in [0.717, 1.165) is 5.56 Å². The van der Waals surface area contributed by atoms with Crippen LogP contribution < -0.4 is 10.5 Å². The molecule has 1 N–H and O–H groups in total. The molecule has 0 radical (unpaired) electrons. The first-order chi connectivity index (χ1) is 15.8. The van der Waals surface area contributed by atoms with Crippen molar-refractivity contribution in [3.63, 3.8) is 0 Å². The van der Waals surface area contributed by atoms with Gasteiger partial charge in [-0.05, 0) is 39.0 Å². The van der Waals surface area contributed by atoms with Gasteiger partial charge in [0.1, 0.15) is 23.4 Å². The van der Waals surface area contributed by atoms with Gasteiger partial charge in [-0.15, -0.1) is 0 Å². The van der Waals surface area contributed by atoms with Crippen LogP contribution in [0.2, 0.25) is 5.02 Å². The van der Waals surface area contributed by atoms with E-state index in [2.05, 4.69) is 15.2 Å². The minimum absolute atomic E-state index is 0.0959. The summed E-state index contributed by atoms with van der Waals surface area (Å²) < 4.78 is 22.5. The summed E-state index contributed by atoms with van der Waals surface area (Å²) in [5.41, 5.74) is 2.60. The molecule has 0 spiro atoms. The molecule has 1 aromatic carbocycles. The number of aromatic nitrogens is 5. The van der Waals surface area contributed by atoms with Crippen molar-refractivity contribution in [2.24, 2.45) is 0 Å². The molecule has 1 fully saturated rings. The first kappa shape index (κ1) is 21.5. The molecule has 8 nitrogen and oxygen atoms in total. The van der Waals surface area contributed by atoms with Gasteiger partial charge < -0.3 is 9.64 Å². The highest BCUT2D eigenvalue weighted by Crippen LogP contribution is 2.31. The van der Waals surface area contributed by atoms with E-state index in [9.17, 15) is 9.18 Å². The van der Waals surface area contributed by atoms with E-state index in [0.29, 0.717) is 35.8 Å². The first-order valence-corrected chi connectivity index (χ1v) is 10.9. The lowest BCUT2D eigenvalue weighted by molar-refractivity contribution is -0.0176. The average Bonchev–Trinajstić information content (AvgIpc) is 3.32. The second-order valence-electron chi connectivity index (χ2n) is 8.26. The summed E-state index contributed by atoms with van der Waals surface area (Å²) in [6.07, 6.45) is 4.86. The molecule has 0 bridgehead atoms. The number of hydrogen-bond acceptors (Lipinski definition) is 6. The largest absolute Gasteiger partial charge is 0.367 e. The Hall–Kier alpha value is -3.30. The third kappa shape index (κ3) is 3.87. The number of nitrogens with zero attached hydrogens (tertiary/aromatic N) is 5. The van der Waals surface area contributed by atoms with E-state index in [-0.39, 0.29) is 34.0 Å². The van der Waals surface area contributed by atoms with Crippen LogP contribution in [0.15, 0.2) is 41.6 Å². The fraction of sp³-hybridized carbons (Fsp3) is 0.304. The van der Waals surface area contributed by atoms with Gasteiger partial charge in [-0.3, -0.25) is 14.3 Å². The highest BCUT2D eigenvalue weighted by molar-refractivity contribution is 6.30. The fourth-order valence-corrected chi connectivity index (χ4v) is 4.26. The monoisotopic (exact) mass is 468 g/mol. The molecule has 5 rings (SSSR count). The Morgan fingerprint density at radius 1 is 1.24 bits per heavy atom. The predicted octanol–water partition coefficient (Wildman–Crippen LogP) is 3.86. The molecule has 3 aromatic heterocycles. The van der Waals surface area contributed by atoms with Crippen LogP contribution in [-0.2, 0) is 4.74 Å². The summed E-state index contributed by atoms with van der Waals surface area (Å²) in [5, 5.41) is 7.10. The van der Waals surface area contributed by atoms with Crippen LogP contribution >= 0.6 is 11.6 Å². The molecule has 0 amide bonds. The summed E-state index contributed by atoms with van der Waals surface area (Å²) in [5.74, 6) is -0.00389. The van der Waals surface area contributed by atoms with Gasteiger partial charge in [-0.2, -0.15) is 5.10 Å². The van der Waals surface area contributed by atoms with Crippen molar-refractivity contribution in [2.75, 3.05) is 18.0 Å². The lowest BCUT2D eigenvalue weighted by Gasteiger charge is -2.37. The molecule has 1 aliphatic heterocycles. The number of benzene rings is 1. The van der Waals surface area contributed by atoms with Gasteiger partial charge in [0.05, 0.1) is 25.0 Å². The zero-order valence-corrected chi connectivity index (χ0v) is 19.1. The number of morpholine rings is 1. The smallest absolute Gasteiger partial charge is 0.261 e. The molecule has 0 aliphatic carbocycles. The summed E-state index contributed by atoms with van der Waals surface area (Å²) in [4.78, 5) is 24.5. The number of hydrogen-bond donors (Lipinski definition) is 1. The molecule has 1 aliphatic rings. The molecular weight excluding hydrogens is 447 g/mol. The number of nitrogens with one attached hydrogen (secondary N) is 1. The van der Waals surface area contributed by atoms with Crippen LogP contribution in [0.1, 0.15) is 29.8 Å². The van der Waals surface area contributed by atoms with Crippen molar-refractivity contribution >= 4 is 23.1 Å². The molecule has 2 atom stereocenters.